The first-order valence-corrected chi connectivity index (χ1v) is 7.02. The summed E-state index contributed by atoms with van der Waals surface area (Å²) >= 11 is 1.75. The van der Waals surface area contributed by atoms with Crippen LogP contribution in [-0.2, 0) is 9.53 Å². The van der Waals surface area contributed by atoms with E-state index in [0.717, 1.165) is 37.5 Å². The Morgan fingerprint density at radius 3 is 3.35 bits per heavy atom. The Morgan fingerprint density at radius 2 is 2.53 bits per heavy atom. The van der Waals surface area contributed by atoms with Gasteiger partial charge in [0, 0.05) is 17.1 Å². The first-order valence-electron chi connectivity index (χ1n) is 6.20. The SMILES string of the molecule is CCOC(=O)[C@@H]1CCCC2=C1N1CCN=C1S2. The molecule has 0 radical (unpaired) electrons. The predicted octanol–water partition coefficient (Wildman–Crippen LogP) is 1.98. The van der Waals surface area contributed by atoms with Crippen molar-refractivity contribution in [1.82, 2.24) is 4.90 Å². The Balaban J connectivity index is 1.88. The van der Waals surface area contributed by atoms with Crippen LogP contribution >= 0.6 is 11.8 Å². The van der Waals surface area contributed by atoms with Crippen molar-refractivity contribution >= 4 is 22.9 Å². The quantitative estimate of drug-likeness (QED) is 0.705. The molecule has 2 aliphatic heterocycles. The zero-order valence-corrected chi connectivity index (χ0v) is 10.8. The first kappa shape index (κ1) is 11.1. The van der Waals surface area contributed by atoms with Crippen LogP contribution in [0.4, 0.5) is 0 Å². The average Bonchev–Trinajstić information content (AvgIpc) is 2.88. The Morgan fingerprint density at radius 1 is 1.65 bits per heavy atom. The van der Waals surface area contributed by atoms with Gasteiger partial charge in [-0.1, -0.05) is 11.8 Å². The Bertz CT molecular complexity index is 417. The summed E-state index contributed by atoms with van der Waals surface area (Å²) in [7, 11) is 0. The third kappa shape index (κ3) is 1.76. The highest BCUT2D eigenvalue weighted by Gasteiger charge is 2.41. The summed E-state index contributed by atoms with van der Waals surface area (Å²) in [5.41, 5.74) is 1.19. The minimum absolute atomic E-state index is 0.0583. The van der Waals surface area contributed by atoms with Gasteiger partial charge in [-0.2, -0.15) is 0 Å². The molecule has 0 saturated carbocycles. The summed E-state index contributed by atoms with van der Waals surface area (Å²) in [6, 6.07) is 0. The highest BCUT2D eigenvalue weighted by molar-refractivity contribution is 8.17. The molecule has 0 N–H and O–H groups in total. The first-order chi connectivity index (χ1) is 8.31. The number of ether oxygens (including phenoxy) is 1. The van der Waals surface area contributed by atoms with E-state index in [1.54, 1.807) is 11.8 Å². The number of carbonyl (C=O) groups excluding carboxylic acids is 1. The molecule has 17 heavy (non-hydrogen) atoms. The van der Waals surface area contributed by atoms with Crippen LogP contribution in [-0.4, -0.2) is 35.7 Å². The van der Waals surface area contributed by atoms with Crippen LogP contribution in [0, 0.1) is 5.92 Å². The van der Waals surface area contributed by atoms with Crippen molar-refractivity contribution in [3.05, 3.63) is 10.6 Å². The lowest BCUT2D eigenvalue weighted by atomic mass is 9.91. The maximum atomic E-state index is 12.0. The molecular formula is C12H16N2O2S. The monoisotopic (exact) mass is 252 g/mol. The van der Waals surface area contributed by atoms with Gasteiger partial charge in [0.1, 0.15) is 0 Å². The fourth-order valence-electron chi connectivity index (χ4n) is 2.69. The molecule has 2 heterocycles. The highest BCUT2D eigenvalue weighted by Crippen LogP contribution is 2.46. The smallest absolute Gasteiger partial charge is 0.314 e. The number of thioether (sulfide) groups is 1. The van der Waals surface area contributed by atoms with Crippen LogP contribution in [0.3, 0.4) is 0 Å². The van der Waals surface area contributed by atoms with Crippen molar-refractivity contribution < 1.29 is 9.53 Å². The van der Waals surface area contributed by atoms with Crippen molar-refractivity contribution in [2.75, 3.05) is 19.7 Å². The van der Waals surface area contributed by atoms with Gasteiger partial charge in [0.05, 0.1) is 19.1 Å². The maximum Gasteiger partial charge on any atom is 0.314 e. The van der Waals surface area contributed by atoms with Crippen LogP contribution in [0.5, 0.6) is 0 Å². The molecule has 1 atom stereocenters. The summed E-state index contributed by atoms with van der Waals surface area (Å²) < 4.78 is 5.19. The number of hydrogen-bond donors (Lipinski definition) is 0. The number of amidine groups is 1. The number of esters is 1. The van der Waals surface area contributed by atoms with Crippen molar-refractivity contribution in [2.45, 2.75) is 26.2 Å². The Hall–Kier alpha value is -0.970. The minimum Gasteiger partial charge on any atom is -0.465 e. The second-order valence-corrected chi connectivity index (χ2v) is 5.49. The summed E-state index contributed by atoms with van der Waals surface area (Å²) in [5, 5.41) is 1.09. The number of nitrogens with zero attached hydrogens (tertiary/aromatic N) is 2. The number of allylic oxidation sites excluding steroid dienone is 1. The van der Waals surface area contributed by atoms with E-state index in [-0.39, 0.29) is 11.9 Å². The van der Waals surface area contributed by atoms with Gasteiger partial charge in [-0.3, -0.25) is 9.79 Å². The van der Waals surface area contributed by atoms with Gasteiger partial charge in [-0.25, -0.2) is 0 Å². The molecule has 0 aromatic rings. The molecule has 1 aliphatic carbocycles. The Kier molecular flexibility index (Phi) is 2.86. The molecule has 5 heteroatoms. The number of hydrogen-bond acceptors (Lipinski definition) is 5. The Labute approximate surface area is 105 Å². The lowest BCUT2D eigenvalue weighted by Gasteiger charge is -2.27. The molecule has 4 nitrogen and oxygen atoms in total. The zero-order valence-electron chi connectivity index (χ0n) is 9.94. The predicted molar refractivity (Wildman–Crippen MR) is 67.6 cm³/mol. The zero-order chi connectivity index (χ0) is 11.8. The topological polar surface area (TPSA) is 41.9 Å². The fraction of sp³-hybridized carbons (Fsp3) is 0.667. The molecule has 0 amide bonds. The number of fused-ring (bicyclic) bond motifs is 2. The molecule has 0 aromatic carbocycles. The molecule has 0 fully saturated rings. The molecular weight excluding hydrogens is 236 g/mol. The van der Waals surface area contributed by atoms with Gasteiger partial charge < -0.3 is 9.64 Å². The fourth-order valence-corrected chi connectivity index (χ4v) is 3.97. The lowest BCUT2D eigenvalue weighted by Crippen LogP contribution is -2.32. The normalized spacial score (nSPS) is 26.8. The molecule has 92 valence electrons. The molecule has 0 aromatic heterocycles. The summed E-state index contributed by atoms with van der Waals surface area (Å²) in [5.74, 6) is -0.120. The largest absolute Gasteiger partial charge is 0.465 e. The van der Waals surface area contributed by atoms with E-state index >= 15 is 0 Å². The lowest BCUT2D eigenvalue weighted by molar-refractivity contribution is -0.147. The van der Waals surface area contributed by atoms with Crippen molar-refractivity contribution in [1.29, 1.82) is 0 Å². The van der Waals surface area contributed by atoms with Gasteiger partial charge >= 0.3 is 5.97 Å². The van der Waals surface area contributed by atoms with Gasteiger partial charge in [0.15, 0.2) is 5.17 Å². The van der Waals surface area contributed by atoms with Gasteiger partial charge in [0.25, 0.3) is 0 Å². The van der Waals surface area contributed by atoms with Crippen LogP contribution < -0.4 is 0 Å². The molecule has 0 unspecified atom stereocenters. The highest BCUT2D eigenvalue weighted by atomic mass is 32.2. The standard InChI is InChI=1S/C12H16N2O2S/c1-2-16-11(15)8-4-3-5-9-10(8)14-7-6-13-12(14)17-9/h8H,2-7H2,1H3/t8-/m1/s1. The van der Waals surface area contributed by atoms with E-state index in [4.69, 9.17) is 4.74 Å². The second kappa shape index (κ2) is 4.37. The van der Waals surface area contributed by atoms with Crippen LogP contribution in [0.1, 0.15) is 26.2 Å². The number of aliphatic imine (C=N–C) groups is 1. The van der Waals surface area contributed by atoms with Gasteiger partial charge in [-0.05, 0) is 26.2 Å². The molecule has 0 bridgehead atoms. The molecule has 3 aliphatic rings. The van der Waals surface area contributed by atoms with E-state index < -0.39 is 0 Å². The van der Waals surface area contributed by atoms with E-state index in [2.05, 4.69) is 9.89 Å². The minimum atomic E-state index is -0.0616. The third-order valence-electron chi connectivity index (χ3n) is 3.39. The number of rotatable bonds is 2. The van der Waals surface area contributed by atoms with Crippen LogP contribution in [0.2, 0.25) is 0 Å². The second-order valence-electron chi connectivity index (χ2n) is 4.42. The third-order valence-corrected chi connectivity index (χ3v) is 4.58. The van der Waals surface area contributed by atoms with Crippen molar-refractivity contribution in [3.63, 3.8) is 0 Å². The van der Waals surface area contributed by atoms with E-state index in [1.165, 1.54) is 10.6 Å². The molecule has 0 spiro atoms. The average molecular weight is 252 g/mol. The molecule has 0 saturated heterocycles. The summed E-state index contributed by atoms with van der Waals surface area (Å²) in [6.07, 6.45) is 3.09. The van der Waals surface area contributed by atoms with Crippen LogP contribution in [0.25, 0.3) is 0 Å². The van der Waals surface area contributed by atoms with Crippen molar-refractivity contribution in [3.8, 4) is 0 Å². The molecule has 3 rings (SSSR count). The van der Waals surface area contributed by atoms with Gasteiger partial charge in [0.2, 0.25) is 0 Å². The van der Waals surface area contributed by atoms with Gasteiger partial charge in [-0.15, -0.1) is 0 Å². The van der Waals surface area contributed by atoms with Crippen molar-refractivity contribution in [2.24, 2.45) is 10.9 Å². The van der Waals surface area contributed by atoms with Crippen LogP contribution in [0.15, 0.2) is 15.6 Å². The number of carbonyl (C=O) groups is 1. The summed E-state index contributed by atoms with van der Waals surface area (Å²) in [6.45, 7) is 4.11. The summed E-state index contributed by atoms with van der Waals surface area (Å²) in [4.78, 5) is 20.0. The van der Waals surface area contributed by atoms with E-state index in [1.807, 2.05) is 6.92 Å². The van der Waals surface area contributed by atoms with E-state index in [9.17, 15) is 4.79 Å². The van der Waals surface area contributed by atoms with E-state index in [0.29, 0.717) is 6.61 Å². The maximum absolute atomic E-state index is 12.0.